The zero-order chi connectivity index (χ0) is 12.8. The Kier molecular flexibility index (Phi) is 6.00. The predicted molar refractivity (Wildman–Crippen MR) is 60.1 cm³/mol. The van der Waals surface area contributed by atoms with E-state index in [1.807, 2.05) is 0 Å². The maximum atomic E-state index is 11.5. The molecule has 0 fully saturated rings. The maximum absolute atomic E-state index is 11.5. The molecule has 0 aliphatic heterocycles. The molecule has 0 saturated carbocycles. The number of nitrogens with one attached hydrogen (secondary N) is 1. The van der Waals surface area contributed by atoms with Crippen LogP contribution in [0.4, 0.5) is 0 Å². The van der Waals surface area contributed by atoms with Crippen LogP contribution in [0.15, 0.2) is 0 Å². The van der Waals surface area contributed by atoms with Crippen LogP contribution in [-0.2, 0) is 14.6 Å². The Balaban J connectivity index is 4.29. The Hall–Kier alpha value is -1.13. The van der Waals surface area contributed by atoms with Gasteiger partial charge in [0.1, 0.15) is 6.54 Å². The minimum atomic E-state index is -3.32. The fourth-order valence-corrected chi connectivity index (χ4v) is 3.03. The highest BCUT2D eigenvalue weighted by atomic mass is 32.2. The van der Waals surface area contributed by atoms with E-state index in [1.54, 1.807) is 19.9 Å². The van der Waals surface area contributed by atoms with Crippen molar-refractivity contribution in [3.8, 4) is 6.07 Å². The third-order valence-electron chi connectivity index (χ3n) is 1.70. The Bertz CT molecular complexity index is 370. The SMILES string of the molecule is CC(C)CS(=O)(=O)CC(N)C(=O)NCC#N. The van der Waals surface area contributed by atoms with E-state index in [4.69, 9.17) is 11.0 Å². The fourth-order valence-electron chi connectivity index (χ4n) is 1.18. The molecule has 0 heterocycles. The number of nitrogens with two attached hydrogens (primary N) is 1. The standard InChI is InChI=1S/C9H17N3O3S/c1-7(2)5-16(14,15)6-8(11)9(13)12-4-3-10/h7-8H,4-6,11H2,1-2H3,(H,12,13). The monoisotopic (exact) mass is 247 g/mol. The molecule has 0 rings (SSSR count). The Morgan fingerprint density at radius 1 is 1.44 bits per heavy atom. The molecule has 7 heteroatoms. The van der Waals surface area contributed by atoms with Crippen LogP contribution in [0.3, 0.4) is 0 Å². The van der Waals surface area contributed by atoms with Crippen molar-refractivity contribution >= 4 is 15.7 Å². The van der Waals surface area contributed by atoms with Gasteiger partial charge in [0, 0.05) is 0 Å². The van der Waals surface area contributed by atoms with Crippen LogP contribution >= 0.6 is 0 Å². The van der Waals surface area contributed by atoms with Crippen molar-refractivity contribution in [3.63, 3.8) is 0 Å². The highest BCUT2D eigenvalue weighted by Gasteiger charge is 2.22. The average molecular weight is 247 g/mol. The molecule has 0 aromatic carbocycles. The molecule has 0 aromatic rings. The second-order valence-corrected chi connectivity index (χ2v) is 6.11. The molecule has 0 aliphatic carbocycles. The van der Waals surface area contributed by atoms with Crippen molar-refractivity contribution in [3.05, 3.63) is 0 Å². The molecular weight excluding hydrogens is 230 g/mol. The number of nitriles is 1. The van der Waals surface area contributed by atoms with E-state index in [9.17, 15) is 13.2 Å². The first-order chi connectivity index (χ1) is 7.28. The quantitative estimate of drug-likeness (QED) is 0.586. The van der Waals surface area contributed by atoms with Crippen LogP contribution < -0.4 is 11.1 Å². The van der Waals surface area contributed by atoms with Crippen LogP contribution in [0, 0.1) is 17.2 Å². The molecule has 0 bridgehead atoms. The van der Waals surface area contributed by atoms with Crippen LogP contribution in [0.2, 0.25) is 0 Å². The van der Waals surface area contributed by atoms with E-state index in [0.29, 0.717) is 0 Å². The van der Waals surface area contributed by atoms with Gasteiger partial charge in [0.15, 0.2) is 9.84 Å². The topological polar surface area (TPSA) is 113 Å². The number of carbonyl (C=O) groups is 1. The highest BCUT2D eigenvalue weighted by molar-refractivity contribution is 7.91. The van der Waals surface area contributed by atoms with Crippen molar-refractivity contribution in [2.24, 2.45) is 11.7 Å². The largest absolute Gasteiger partial charge is 0.342 e. The van der Waals surface area contributed by atoms with Crippen LogP contribution in [0.1, 0.15) is 13.8 Å². The number of hydrogen-bond acceptors (Lipinski definition) is 5. The summed E-state index contributed by atoms with van der Waals surface area (Å²) in [5, 5.41) is 10.4. The smallest absolute Gasteiger partial charge is 0.238 e. The van der Waals surface area contributed by atoms with Gasteiger partial charge in [0.05, 0.1) is 23.6 Å². The van der Waals surface area contributed by atoms with Crippen molar-refractivity contribution in [2.75, 3.05) is 18.1 Å². The van der Waals surface area contributed by atoms with Gasteiger partial charge in [0.25, 0.3) is 0 Å². The van der Waals surface area contributed by atoms with E-state index in [2.05, 4.69) is 5.32 Å². The van der Waals surface area contributed by atoms with Gasteiger partial charge in [0.2, 0.25) is 5.91 Å². The number of nitrogens with zero attached hydrogens (tertiary/aromatic N) is 1. The first kappa shape index (κ1) is 14.9. The molecule has 0 radical (unpaired) electrons. The Labute approximate surface area is 95.7 Å². The van der Waals surface area contributed by atoms with Gasteiger partial charge >= 0.3 is 0 Å². The van der Waals surface area contributed by atoms with Crippen LogP contribution in [-0.4, -0.2) is 38.4 Å². The van der Waals surface area contributed by atoms with Crippen LogP contribution in [0.25, 0.3) is 0 Å². The fraction of sp³-hybridized carbons (Fsp3) is 0.778. The first-order valence-electron chi connectivity index (χ1n) is 4.89. The second kappa shape index (κ2) is 6.45. The molecule has 1 atom stereocenters. The molecule has 0 saturated heterocycles. The number of hydrogen-bond donors (Lipinski definition) is 2. The normalized spacial score (nSPS) is 13.2. The molecule has 1 unspecified atom stereocenters. The summed E-state index contributed by atoms with van der Waals surface area (Å²) in [6, 6.07) is 0.598. The van der Waals surface area contributed by atoms with Gasteiger partial charge in [-0.15, -0.1) is 0 Å². The summed E-state index contributed by atoms with van der Waals surface area (Å²) < 4.78 is 23.0. The minimum absolute atomic E-state index is 0.000584. The summed E-state index contributed by atoms with van der Waals surface area (Å²) in [5.41, 5.74) is 5.42. The Morgan fingerprint density at radius 2 is 2.00 bits per heavy atom. The van der Waals surface area contributed by atoms with Gasteiger partial charge in [-0.3, -0.25) is 4.79 Å². The molecule has 3 N–H and O–H groups in total. The number of amides is 1. The number of rotatable bonds is 6. The lowest BCUT2D eigenvalue weighted by molar-refractivity contribution is -0.121. The molecule has 6 nitrogen and oxygen atoms in total. The lowest BCUT2D eigenvalue weighted by Crippen LogP contribution is -2.45. The third kappa shape index (κ3) is 6.37. The molecule has 1 amide bonds. The van der Waals surface area contributed by atoms with E-state index >= 15 is 0 Å². The molecule has 0 spiro atoms. The first-order valence-corrected chi connectivity index (χ1v) is 6.71. The molecule has 16 heavy (non-hydrogen) atoms. The van der Waals surface area contributed by atoms with Gasteiger partial charge in [-0.2, -0.15) is 5.26 Å². The van der Waals surface area contributed by atoms with Crippen molar-refractivity contribution in [2.45, 2.75) is 19.9 Å². The lowest BCUT2D eigenvalue weighted by Gasteiger charge is -2.12. The van der Waals surface area contributed by atoms with Crippen molar-refractivity contribution < 1.29 is 13.2 Å². The van der Waals surface area contributed by atoms with Crippen LogP contribution in [0.5, 0.6) is 0 Å². The summed E-state index contributed by atoms with van der Waals surface area (Å²) in [6.07, 6.45) is 0. The summed E-state index contributed by atoms with van der Waals surface area (Å²) in [6.45, 7) is 3.38. The molecular formula is C9H17N3O3S. The second-order valence-electron chi connectivity index (χ2n) is 3.95. The molecule has 0 aliphatic rings. The maximum Gasteiger partial charge on any atom is 0.238 e. The summed E-state index contributed by atoms with van der Waals surface area (Å²) in [5.74, 6) is -0.998. The summed E-state index contributed by atoms with van der Waals surface area (Å²) in [4.78, 5) is 11.2. The van der Waals surface area contributed by atoms with Gasteiger partial charge < -0.3 is 11.1 Å². The van der Waals surface area contributed by atoms with Crippen molar-refractivity contribution in [1.29, 1.82) is 5.26 Å². The zero-order valence-electron chi connectivity index (χ0n) is 9.43. The Morgan fingerprint density at radius 3 is 2.44 bits per heavy atom. The summed E-state index contributed by atoms with van der Waals surface area (Å²) in [7, 11) is -3.32. The zero-order valence-corrected chi connectivity index (χ0v) is 10.3. The van der Waals surface area contributed by atoms with E-state index in [1.165, 1.54) is 0 Å². The van der Waals surface area contributed by atoms with E-state index in [0.717, 1.165) is 0 Å². The van der Waals surface area contributed by atoms with Gasteiger partial charge in [-0.1, -0.05) is 13.8 Å². The lowest BCUT2D eigenvalue weighted by atomic mass is 10.3. The average Bonchev–Trinajstić information content (AvgIpc) is 2.10. The molecule has 92 valence electrons. The number of carbonyl (C=O) groups excluding carboxylic acids is 1. The van der Waals surface area contributed by atoms with Gasteiger partial charge in [-0.25, -0.2) is 8.42 Å². The minimum Gasteiger partial charge on any atom is -0.342 e. The number of sulfone groups is 1. The van der Waals surface area contributed by atoms with E-state index < -0.39 is 21.8 Å². The van der Waals surface area contributed by atoms with E-state index in [-0.39, 0.29) is 24.0 Å². The van der Waals surface area contributed by atoms with Crippen molar-refractivity contribution in [1.82, 2.24) is 5.32 Å². The third-order valence-corrected chi connectivity index (χ3v) is 3.74. The van der Waals surface area contributed by atoms with Gasteiger partial charge in [-0.05, 0) is 5.92 Å². The predicted octanol–water partition coefficient (Wildman–Crippen LogP) is -0.976. The highest BCUT2D eigenvalue weighted by Crippen LogP contribution is 2.02. The summed E-state index contributed by atoms with van der Waals surface area (Å²) >= 11 is 0. The molecule has 0 aromatic heterocycles.